The minimum Gasteiger partial charge on any atom is -0.320 e. The Balaban J connectivity index is 2.45. The second-order valence-electron chi connectivity index (χ2n) is 3.52. The van der Waals surface area contributed by atoms with Crippen molar-refractivity contribution in [3.63, 3.8) is 0 Å². The van der Waals surface area contributed by atoms with Crippen molar-refractivity contribution in [1.29, 1.82) is 0 Å². The Labute approximate surface area is 95.9 Å². The topological polar surface area (TPSA) is 38.9 Å². The fourth-order valence-corrected chi connectivity index (χ4v) is 1.53. The molecule has 0 spiro atoms. The zero-order chi connectivity index (χ0) is 12.4. The first-order valence-electron chi connectivity index (χ1n) is 4.90. The predicted molar refractivity (Wildman–Crippen MR) is 56.6 cm³/mol. The molecule has 0 aliphatic carbocycles. The number of rotatable bonds is 2. The quantitative estimate of drug-likeness (QED) is 0.816. The Bertz CT molecular complexity index is 529. The van der Waals surface area contributed by atoms with E-state index in [4.69, 9.17) is 5.73 Å². The van der Waals surface area contributed by atoms with Gasteiger partial charge in [0.2, 0.25) is 0 Å². The van der Waals surface area contributed by atoms with Crippen LogP contribution in [-0.2, 0) is 0 Å². The summed E-state index contributed by atoms with van der Waals surface area (Å²) < 4.78 is 39.3. The summed E-state index contributed by atoms with van der Waals surface area (Å²) in [7, 11) is 0. The van der Waals surface area contributed by atoms with Gasteiger partial charge in [-0.3, -0.25) is 4.98 Å². The molecule has 1 aromatic carbocycles. The van der Waals surface area contributed by atoms with Crippen LogP contribution in [0.1, 0.15) is 17.2 Å². The third-order valence-corrected chi connectivity index (χ3v) is 2.47. The van der Waals surface area contributed by atoms with Crippen LogP contribution in [0.3, 0.4) is 0 Å². The summed E-state index contributed by atoms with van der Waals surface area (Å²) in [5.74, 6) is -3.99. The molecule has 0 aliphatic heterocycles. The van der Waals surface area contributed by atoms with Gasteiger partial charge in [0.05, 0.1) is 6.04 Å². The van der Waals surface area contributed by atoms with Gasteiger partial charge < -0.3 is 5.73 Å². The van der Waals surface area contributed by atoms with Gasteiger partial charge in [-0.05, 0) is 23.8 Å². The number of nitrogens with two attached hydrogens (primary N) is 1. The van der Waals surface area contributed by atoms with E-state index in [1.54, 1.807) is 12.1 Å². The molecule has 88 valence electrons. The minimum absolute atomic E-state index is 0.0879. The second-order valence-corrected chi connectivity index (χ2v) is 3.52. The molecule has 2 rings (SSSR count). The van der Waals surface area contributed by atoms with Crippen LogP contribution in [0.5, 0.6) is 0 Å². The van der Waals surface area contributed by atoms with Crippen molar-refractivity contribution in [2.45, 2.75) is 6.04 Å². The van der Waals surface area contributed by atoms with Gasteiger partial charge >= 0.3 is 0 Å². The Morgan fingerprint density at radius 3 is 2.24 bits per heavy atom. The Morgan fingerprint density at radius 1 is 0.941 bits per heavy atom. The normalized spacial score (nSPS) is 12.5. The van der Waals surface area contributed by atoms with Crippen molar-refractivity contribution >= 4 is 0 Å². The van der Waals surface area contributed by atoms with Gasteiger partial charge in [-0.1, -0.05) is 6.07 Å². The summed E-state index contributed by atoms with van der Waals surface area (Å²) in [5, 5.41) is 0. The summed E-state index contributed by atoms with van der Waals surface area (Å²) in [5.41, 5.74) is 6.27. The number of hydrogen-bond acceptors (Lipinski definition) is 2. The number of nitrogens with zero attached hydrogens (tertiary/aromatic N) is 1. The molecule has 0 aliphatic rings. The highest BCUT2D eigenvalue weighted by molar-refractivity contribution is 5.31. The van der Waals surface area contributed by atoms with Crippen molar-refractivity contribution in [1.82, 2.24) is 4.98 Å². The molecule has 0 radical (unpaired) electrons. The first-order valence-corrected chi connectivity index (χ1v) is 4.90. The smallest absolute Gasteiger partial charge is 0.194 e. The van der Waals surface area contributed by atoms with Gasteiger partial charge in [0, 0.05) is 18.0 Å². The highest BCUT2D eigenvalue weighted by atomic mass is 19.2. The highest BCUT2D eigenvalue weighted by Gasteiger charge is 2.19. The lowest BCUT2D eigenvalue weighted by atomic mass is 10.00. The third kappa shape index (κ3) is 2.14. The first-order chi connectivity index (χ1) is 8.11. The van der Waals surface area contributed by atoms with Crippen LogP contribution in [0.15, 0.2) is 36.7 Å². The number of pyridine rings is 1. The molecule has 0 saturated heterocycles. The molecule has 17 heavy (non-hydrogen) atoms. The Hall–Kier alpha value is -1.88. The van der Waals surface area contributed by atoms with E-state index in [1.807, 2.05) is 0 Å². The van der Waals surface area contributed by atoms with E-state index in [-0.39, 0.29) is 5.56 Å². The van der Waals surface area contributed by atoms with E-state index >= 15 is 0 Å². The van der Waals surface area contributed by atoms with Gasteiger partial charge in [0.25, 0.3) is 0 Å². The molecular formula is C12H9F3N2. The predicted octanol–water partition coefficient (Wildman–Crippen LogP) is 2.55. The van der Waals surface area contributed by atoms with Crippen molar-refractivity contribution in [2.75, 3.05) is 0 Å². The number of hydrogen-bond donors (Lipinski definition) is 1. The van der Waals surface area contributed by atoms with Crippen LogP contribution >= 0.6 is 0 Å². The third-order valence-electron chi connectivity index (χ3n) is 2.47. The lowest BCUT2D eigenvalue weighted by Gasteiger charge is -2.13. The van der Waals surface area contributed by atoms with Crippen molar-refractivity contribution in [3.05, 3.63) is 65.2 Å². The molecular weight excluding hydrogens is 229 g/mol. The summed E-state index contributed by atoms with van der Waals surface area (Å²) in [6.07, 6.45) is 2.99. The molecule has 0 saturated carbocycles. The number of halogens is 3. The van der Waals surface area contributed by atoms with Crippen LogP contribution in [0.2, 0.25) is 0 Å². The van der Waals surface area contributed by atoms with Crippen LogP contribution in [0, 0.1) is 17.5 Å². The van der Waals surface area contributed by atoms with Crippen LogP contribution in [-0.4, -0.2) is 4.98 Å². The van der Waals surface area contributed by atoms with Gasteiger partial charge in [-0.25, -0.2) is 13.2 Å². The van der Waals surface area contributed by atoms with Gasteiger partial charge in [-0.15, -0.1) is 0 Å². The second kappa shape index (κ2) is 4.55. The molecule has 2 aromatic rings. The lowest BCUT2D eigenvalue weighted by Crippen LogP contribution is -2.15. The maximum Gasteiger partial charge on any atom is 0.194 e. The van der Waals surface area contributed by atoms with Gasteiger partial charge in [-0.2, -0.15) is 0 Å². The van der Waals surface area contributed by atoms with Crippen molar-refractivity contribution in [3.8, 4) is 0 Å². The SMILES string of the molecule is NC(c1ccncc1)c1ccc(F)c(F)c1F. The van der Waals surface area contributed by atoms with Gasteiger partial charge in [0.1, 0.15) is 0 Å². The largest absolute Gasteiger partial charge is 0.320 e. The average Bonchev–Trinajstić information content (AvgIpc) is 2.36. The maximum atomic E-state index is 13.5. The molecule has 2 nitrogen and oxygen atoms in total. The zero-order valence-electron chi connectivity index (χ0n) is 8.70. The van der Waals surface area contributed by atoms with Gasteiger partial charge in [0.15, 0.2) is 17.5 Å². The first kappa shape index (κ1) is 11.6. The standard InChI is InChI=1S/C12H9F3N2/c13-9-2-1-8(10(14)11(9)15)12(16)7-3-5-17-6-4-7/h1-6,12H,16H2. The van der Waals surface area contributed by atoms with Crippen molar-refractivity contribution < 1.29 is 13.2 Å². The molecule has 5 heteroatoms. The van der Waals surface area contributed by atoms with E-state index in [9.17, 15) is 13.2 Å². The van der Waals surface area contributed by atoms with Crippen LogP contribution < -0.4 is 5.73 Å². The molecule has 0 bridgehead atoms. The molecule has 0 fully saturated rings. The molecule has 2 N–H and O–H groups in total. The van der Waals surface area contributed by atoms with E-state index in [0.29, 0.717) is 5.56 Å². The van der Waals surface area contributed by atoms with E-state index < -0.39 is 23.5 Å². The van der Waals surface area contributed by atoms with E-state index in [1.165, 1.54) is 12.4 Å². The fourth-order valence-electron chi connectivity index (χ4n) is 1.53. The lowest BCUT2D eigenvalue weighted by molar-refractivity contribution is 0.438. The molecule has 1 unspecified atom stereocenters. The summed E-state index contributed by atoms with van der Waals surface area (Å²) in [4.78, 5) is 3.79. The monoisotopic (exact) mass is 238 g/mol. The van der Waals surface area contributed by atoms with Crippen LogP contribution in [0.25, 0.3) is 0 Å². The Morgan fingerprint density at radius 2 is 1.59 bits per heavy atom. The summed E-state index contributed by atoms with van der Waals surface area (Å²) >= 11 is 0. The minimum atomic E-state index is -1.51. The fraction of sp³-hybridized carbons (Fsp3) is 0.0833. The summed E-state index contributed by atoms with van der Waals surface area (Å²) in [6, 6.07) is 4.32. The average molecular weight is 238 g/mol. The Kier molecular flexibility index (Phi) is 3.10. The molecule has 0 amide bonds. The summed E-state index contributed by atoms with van der Waals surface area (Å²) in [6.45, 7) is 0. The van der Waals surface area contributed by atoms with E-state index in [2.05, 4.69) is 4.98 Å². The molecule has 1 heterocycles. The highest BCUT2D eigenvalue weighted by Crippen LogP contribution is 2.24. The molecule has 1 atom stereocenters. The van der Waals surface area contributed by atoms with Crippen LogP contribution in [0.4, 0.5) is 13.2 Å². The van der Waals surface area contributed by atoms with Crippen molar-refractivity contribution in [2.24, 2.45) is 5.73 Å². The number of aromatic nitrogens is 1. The zero-order valence-corrected chi connectivity index (χ0v) is 8.70. The number of benzene rings is 1. The maximum absolute atomic E-state index is 13.5. The van der Waals surface area contributed by atoms with E-state index in [0.717, 1.165) is 12.1 Å². The molecule has 1 aromatic heterocycles.